The largest absolute Gasteiger partial charge is 0.435 e. The number of thiophene rings is 2. The Kier molecular flexibility index (Phi) is 10.6. The van der Waals surface area contributed by atoms with Crippen molar-refractivity contribution in [3.63, 3.8) is 0 Å². The van der Waals surface area contributed by atoms with Gasteiger partial charge in [0.1, 0.15) is 0 Å². The van der Waals surface area contributed by atoms with Crippen LogP contribution in [0.5, 0.6) is 0 Å². The van der Waals surface area contributed by atoms with Crippen molar-refractivity contribution >= 4 is 88.5 Å². The van der Waals surface area contributed by atoms with Gasteiger partial charge in [0.05, 0.1) is 9.75 Å². The summed E-state index contributed by atoms with van der Waals surface area (Å²) in [4.78, 5) is 67.5. The van der Waals surface area contributed by atoms with Crippen molar-refractivity contribution in [3.05, 3.63) is 103 Å². The quantitative estimate of drug-likeness (QED) is 0.146. The van der Waals surface area contributed by atoms with Crippen molar-refractivity contribution in [2.24, 2.45) is 22.9 Å². The Bertz CT molecular complexity index is 2740. The Morgan fingerprint density at radius 3 is 1.18 bits per heavy atom. The average Bonchev–Trinajstić information content (AvgIpc) is 3.92. The van der Waals surface area contributed by atoms with Crippen molar-refractivity contribution in [2.45, 2.75) is 41.5 Å². The van der Waals surface area contributed by atoms with Crippen molar-refractivity contribution in [1.29, 1.82) is 0 Å². The number of hydrogen-bond donors (Lipinski definition) is 4. The number of primary amides is 4. The molecule has 0 bridgehead atoms. The number of nitrogens with zero attached hydrogens (tertiary/aromatic N) is 4. The van der Waals surface area contributed by atoms with Gasteiger partial charge in [0.25, 0.3) is 11.8 Å². The van der Waals surface area contributed by atoms with Crippen molar-refractivity contribution in [1.82, 2.24) is 19.9 Å². The van der Waals surface area contributed by atoms with Crippen molar-refractivity contribution < 1.29 is 51.9 Å². The first-order chi connectivity index (χ1) is 25.6. The molecule has 4 amide bonds. The van der Waals surface area contributed by atoms with Crippen LogP contribution in [0.2, 0.25) is 0 Å². The third kappa shape index (κ3) is 6.42. The predicted molar refractivity (Wildman–Crippen MR) is 214 cm³/mol. The monoisotopic (exact) mass is 843 g/mol. The summed E-state index contributed by atoms with van der Waals surface area (Å²) in [5, 5.41) is 1.77. The topological polar surface area (TPSA) is 226 Å². The molecule has 0 fully saturated rings. The number of carbonyl (C=O) groups is 4. The van der Waals surface area contributed by atoms with Gasteiger partial charge in [-0.15, -0.1) is 22.7 Å². The smallest absolute Gasteiger partial charge is 0.259 e. The second kappa shape index (κ2) is 14.8. The Morgan fingerprint density at radius 1 is 0.509 bits per heavy atom. The molecule has 275 valence electrons. The van der Waals surface area contributed by atoms with Crippen LogP contribution in [0.3, 0.4) is 0 Å². The van der Waals surface area contributed by atoms with Gasteiger partial charge in [-0.25, -0.2) is 0 Å². The van der Waals surface area contributed by atoms with E-state index in [9.17, 15) is 19.2 Å². The zero-order valence-electron chi connectivity index (χ0n) is 30.7. The molecule has 8 rings (SSSR count). The number of imidazole rings is 2. The van der Waals surface area contributed by atoms with E-state index in [4.69, 9.17) is 32.9 Å². The second-order valence-corrected chi connectivity index (χ2v) is 15.2. The van der Waals surface area contributed by atoms with Gasteiger partial charge in [-0.05, 0) is 121 Å². The molecule has 8 aromatic rings. The maximum absolute atomic E-state index is 12.0. The molecule has 0 saturated carbocycles. The minimum Gasteiger partial charge on any atom is -0.435 e. The Morgan fingerprint density at radius 2 is 0.855 bits per heavy atom. The van der Waals surface area contributed by atoms with E-state index in [1.165, 1.54) is 22.7 Å². The van der Waals surface area contributed by atoms with E-state index in [0.717, 1.165) is 42.4 Å². The molecule has 4 aromatic carbocycles. The Hall–Kier alpha value is -5.28. The van der Waals surface area contributed by atoms with E-state index in [0.29, 0.717) is 76.9 Å². The molecule has 0 spiro atoms. The summed E-state index contributed by atoms with van der Waals surface area (Å²) in [6, 6.07) is 15.3. The molecule has 8 N–H and O–H groups in total. The fourth-order valence-corrected chi connectivity index (χ4v) is 9.21. The SMILES string of the molecule is Cc1c(C(N)=O)c(C)c2nc(-c3c(C(N)=O)sc4ccccc34)[n-]c2c1C.Cc1c(C(N)=O)c(C)c2nc(-c3c(C(N)=O)sc4ccccc34)[n-]c2c1C.[Y]. The molecule has 12 nitrogen and oxygen atoms in total. The van der Waals surface area contributed by atoms with E-state index < -0.39 is 23.6 Å². The van der Waals surface area contributed by atoms with Gasteiger partial charge in [-0.1, -0.05) is 36.4 Å². The van der Waals surface area contributed by atoms with Crippen molar-refractivity contribution in [2.75, 3.05) is 0 Å². The molecule has 0 atom stereocenters. The summed E-state index contributed by atoms with van der Waals surface area (Å²) in [5.74, 6) is -1.13. The molecule has 4 aromatic heterocycles. The zero-order chi connectivity index (χ0) is 38.9. The van der Waals surface area contributed by atoms with Gasteiger partial charge < -0.3 is 42.9 Å². The number of fused-ring (bicyclic) bond motifs is 4. The van der Waals surface area contributed by atoms with E-state index in [1.807, 2.05) is 90.1 Å². The van der Waals surface area contributed by atoms with Crippen LogP contribution in [-0.4, -0.2) is 33.6 Å². The predicted octanol–water partition coefficient (Wildman–Crippen LogP) is 6.39. The first-order valence-electron chi connectivity index (χ1n) is 16.7. The number of amides is 4. The molecular formula is C40H34N8O4S2Y-2. The molecule has 55 heavy (non-hydrogen) atoms. The van der Waals surface area contributed by atoms with Crippen LogP contribution in [-0.2, 0) is 32.7 Å². The fourth-order valence-electron chi connectivity index (χ4n) is 7.11. The van der Waals surface area contributed by atoms with Crippen LogP contribution in [0.25, 0.3) is 65.0 Å². The van der Waals surface area contributed by atoms with Gasteiger partial charge >= 0.3 is 0 Å². The number of carbonyl (C=O) groups excluding carboxylic acids is 4. The molecule has 15 heteroatoms. The van der Waals surface area contributed by atoms with Gasteiger partial charge in [-0.2, -0.15) is 0 Å². The number of nitrogens with two attached hydrogens (primary N) is 4. The number of rotatable bonds is 6. The van der Waals surface area contributed by atoms with Crippen molar-refractivity contribution in [3.8, 4) is 22.8 Å². The van der Waals surface area contributed by atoms with E-state index in [1.54, 1.807) is 0 Å². The van der Waals surface area contributed by atoms with E-state index in [2.05, 4.69) is 9.97 Å². The minimum absolute atomic E-state index is 0. The summed E-state index contributed by atoms with van der Waals surface area (Å²) < 4.78 is 1.88. The molecule has 0 unspecified atom stereocenters. The number of hydrogen-bond acceptors (Lipinski definition) is 8. The molecule has 0 saturated heterocycles. The number of aryl methyl sites for hydroxylation is 4. The van der Waals surface area contributed by atoms with Crippen LogP contribution >= 0.6 is 22.7 Å². The normalized spacial score (nSPS) is 11.2. The molecule has 0 aliphatic carbocycles. The zero-order valence-corrected chi connectivity index (χ0v) is 35.2. The molecule has 0 aliphatic heterocycles. The van der Waals surface area contributed by atoms with Gasteiger partial charge in [-0.3, -0.25) is 19.2 Å². The molecular weight excluding hydrogens is 810 g/mol. The summed E-state index contributed by atoms with van der Waals surface area (Å²) in [6.07, 6.45) is 0. The molecule has 4 heterocycles. The standard InChI is InChI=1S/2C20H18N4O2S.Y/c2*1-8-9(2)15-16(10(3)13(8)18(21)25)24-20(23-15)14-11-6-4-5-7-12(11)27-17(14)19(22)26;/h2*4-7H,1-3H3,(H5,21,22,23,24,25,26);/p-2. The first-order valence-corrected chi connectivity index (χ1v) is 18.4. The maximum Gasteiger partial charge on any atom is 0.259 e. The average molecular weight is 844 g/mol. The van der Waals surface area contributed by atoms with Crippen LogP contribution in [0.1, 0.15) is 73.4 Å². The van der Waals surface area contributed by atoms with Crippen LogP contribution in [0.4, 0.5) is 0 Å². The molecule has 0 aliphatic rings. The van der Waals surface area contributed by atoms with Crippen LogP contribution < -0.4 is 32.9 Å². The summed E-state index contributed by atoms with van der Waals surface area (Å²) in [7, 11) is 0. The number of benzene rings is 4. The fraction of sp³-hybridized carbons (Fsp3) is 0.150. The minimum atomic E-state index is -0.512. The number of aromatic nitrogens is 4. The van der Waals surface area contributed by atoms with Gasteiger partial charge in [0, 0.05) is 75.1 Å². The van der Waals surface area contributed by atoms with Crippen LogP contribution in [0.15, 0.2) is 48.5 Å². The Balaban J connectivity index is 0.000000184. The maximum atomic E-state index is 12.0. The third-order valence-corrected chi connectivity index (χ3v) is 12.3. The Labute approximate surface area is 348 Å². The van der Waals surface area contributed by atoms with Gasteiger partial charge in [0.15, 0.2) is 0 Å². The van der Waals surface area contributed by atoms with E-state index >= 15 is 0 Å². The summed E-state index contributed by atoms with van der Waals surface area (Å²) in [5.41, 5.74) is 31.9. The third-order valence-electron chi connectivity index (χ3n) is 9.94. The van der Waals surface area contributed by atoms with E-state index in [-0.39, 0.29) is 32.7 Å². The summed E-state index contributed by atoms with van der Waals surface area (Å²) >= 11 is 2.66. The van der Waals surface area contributed by atoms with Crippen LogP contribution in [0, 0.1) is 41.5 Å². The first kappa shape index (κ1) is 39.4. The van der Waals surface area contributed by atoms with Gasteiger partial charge in [0.2, 0.25) is 11.8 Å². The molecule has 1 radical (unpaired) electrons. The summed E-state index contributed by atoms with van der Waals surface area (Å²) in [6.45, 7) is 11.1. The second-order valence-electron chi connectivity index (χ2n) is 13.1.